The molecule has 0 aliphatic carbocycles. The maximum absolute atomic E-state index is 12.8. The van der Waals surface area contributed by atoms with E-state index in [0.717, 1.165) is 12.0 Å². The largest absolute Gasteiger partial charge is 0.336 e. The molecule has 4 rings (SSSR count). The van der Waals surface area contributed by atoms with E-state index in [0.29, 0.717) is 61.0 Å². The fourth-order valence-electron chi connectivity index (χ4n) is 4.24. The standard InChI is InChI=1S/C21H27N5O2/c1-13-16(14(2)25-24-13)8-9-19(27)26-11-10-17-18(12-26)22-20(23-21(17)28)15-6-4-3-5-7-15/h3-7,13-14,16,24-25H,8-12H2,1-2H3,(H,22,23,28). The van der Waals surface area contributed by atoms with Gasteiger partial charge in [-0.05, 0) is 32.6 Å². The molecular weight excluding hydrogens is 354 g/mol. The normalized spacial score (nSPS) is 24.2. The van der Waals surface area contributed by atoms with Crippen LogP contribution in [0.3, 0.4) is 0 Å². The molecule has 0 bridgehead atoms. The molecule has 0 saturated carbocycles. The predicted octanol–water partition coefficient (Wildman–Crippen LogP) is 1.60. The summed E-state index contributed by atoms with van der Waals surface area (Å²) in [4.78, 5) is 34.7. The minimum atomic E-state index is -0.0956. The number of H-pyrrole nitrogens is 1. The minimum absolute atomic E-state index is 0.0956. The molecule has 1 saturated heterocycles. The minimum Gasteiger partial charge on any atom is -0.336 e. The van der Waals surface area contributed by atoms with E-state index >= 15 is 0 Å². The predicted molar refractivity (Wildman–Crippen MR) is 107 cm³/mol. The molecule has 1 fully saturated rings. The summed E-state index contributed by atoms with van der Waals surface area (Å²) in [6, 6.07) is 10.3. The van der Waals surface area contributed by atoms with Gasteiger partial charge in [-0.2, -0.15) is 0 Å². The second-order valence-electron chi connectivity index (χ2n) is 7.84. The molecule has 1 aromatic heterocycles. The van der Waals surface area contributed by atoms with Gasteiger partial charge >= 0.3 is 0 Å². The van der Waals surface area contributed by atoms with E-state index in [1.807, 2.05) is 35.2 Å². The Balaban J connectivity index is 1.47. The highest BCUT2D eigenvalue weighted by molar-refractivity contribution is 5.76. The zero-order valence-electron chi connectivity index (χ0n) is 16.4. The maximum Gasteiger partial charge on any atom is 0.254 e. The molecule has 148 valence electrons. The quantitative estimate of drug-likeness (QED) is 0.749. The number of hydrogen-bond donors (Lipinski definition) is 3. The van der Waals surface area contributed by atoms with Crippen molar-refractivity contribution in [3.8, 4) is 11.4 Å². The lowest BCUT2D eigenvalue weighted by atomic mass is 9.91. The van der Waals surface area contributed by atoms with Crippen molar-refractivity contribution in [1.29, 1.82) is 0 Å². The summed E-state index contributed by atoms with van der Waals surface area (Å²) < 4.78 is 0. The van der Waals surface area contributed by atoms with Crippen LogP contribution >= 0.6 is 0 Å². The molecule has 1 aromatic carbocycles. The van der Waals surface area contributed by atoms with Gasteiger partial charge in [0.2, 0.25) is 5.91 Å². The van der Waals surface area contributed by atoms with Crippen LogP contribution in [-0.2, 0) is 17.8 Å². The number of carbonyl (C=O) groups excluding carboxylic acids is 1. The smallest absolute Gasteiger partial charge is 0.254 e. The van der Waals surface area contributed by atoms with Crippen molar-refractivity contribution in [3.63, 3.8) is 0 Å². The van der Waals surface area contributed by atoms with Gasteiger partial charge in [-0.15, -0.1) is 0 Å². The topological polar surface area (TPSA) is 90.1 Å². The first-order chi connectivity index (χ1) is 13.5. The second kappa shape index (κ2) is 7.85. The molecule has 1 amide bonds. The first kappa shape index (κ1) is 18.8. The molecule has 7 nitrogen and oxygen atoms in total. The van der Waals surface area contributed by atoms with Crippen molar-refractivity contribution in [2.75, 3.05) is 6.54 Å². The van der Waals surface area contributed by atoms with Gasteiger partial charge in [0.25, 0.3) is 5.56 Å². The summed E-state index contributed by atoms with van der Waals surface area (Å²) in [6.07, 6.45) is 1.92. The summed E-state index contributed by atoms with van der Waals surface area (Å²) in [5.74, 6) is 1.14. The van der Waals surface area contributed by atoms with Gasteiger partial charge in [-0.3, -0.25) is 20.4 Å². The molecule has 7 heteroatoms. The number of aromatic amines is 1. The van der Waals surface area contributed by atoms with Crippen LogP contribution in [0.4, 0.5) is 0 Å². The van der Waals surface area contributed by atoms with Gasteiger partial charge in [0, 0.05) is 36.2 Å². The number of aromatic nitrogens is 2. The average Bonchev–Trinajstić information content (AvgIpc) is 3.04. The van der Waals surface area contributed by atoms with Gasteiger partial charge in [0.15, 0.2) is 0 Å². The Morgan fingerprint density at radius 2 is 1.89 bits per heavy atom. The van der Waals surface area contributed by atoms with Crippen LogP contribution in [0.1, 0.15) is 37.9 Å². The van der Waals surface area contributed by atoms with Crippen LogP contribution in [0.5, 0.6) is 0 Å². The highest BCUT2D eigenvalue weighted by Gasteiger charge is 2.31. The van der Waals surface area contributed by atoms with E-state index in [-0.39, 0.29) is 11.5 Å². The number of nitrogens with zero attached hydrogens (tertiary/aromatic N) is 2. The van der Waals surface area contributed by atoms with Crippen molar-refractivity contribution in [3.05, 3.63) is 51.9 Å². The first-order valence-electron chi connectivity index (χ1n) is 9.99. The van der Waals surface area contributed by atoms with E-state index in [9.17, 15) is 9.59 Å². The van der Waals surface area contributed by atoms with Gasteiger partial charge in [-0.25, -0.2) is 4.98 Å². The summed E-state index contributed by atoms with van der Waals surface area (Å²) in [5.41, 5.74) is 8.68. The Labute approximate surface area is 164 Å². The van der Waals surface area contributed by atoms with E-state index < -0.39 is 0 Å². The molecule has 2 aliphatic heterocycles. The number of amides is 1. The molecular formula is C21H27N5O2. The average molecular weight is 381 g/mol. The molecule has 2 atom stereocenters. The molecule has 28 heavy (non-hydrogen) atoms. The van der Waals surface area contributed by atoms with Crippen LogP contribution in [0, 0.1) is 5.92 Å². The highest BCUT2D eigenvalue weighted by Crippen LogP contribution is 2.23. The summed E-state index contributed by atoms with van der Waals surface area (Å²) in [7, 11) is 0. The number of nitrogens with one attached hydrogen (secondary N) is 3. The number of benzene rings is 1. The lowest BCUT2D eigenvalue weighted by molar-refractivity contribution is -0.132. The first-order valence-corrected chi connectivity index (χ1v) is 9.99. The van der Waals surface area contributed by atoms with Crippen molar-refractivity contribution < 1.29 is 4.79 Å². The lowest BCUT2D eigenvalue weighted by Crippen LogP contribution is -2.39. The van der Waals surface area contributed by atoms with Gasteiger partial charge < -0.3 is 9.88 Å². The zero-order valence-corrected chi connectivity index (χ0v) is 16.4. The number of fused-ring (bicyclic) bond motifs is 1. The molecule has 2 unspecified atom stereocenters. The van der Waals surface area contributed by atoms with Crippen molar-refractivity contribution in [2.24, 2.45) is 5.92 Å². The van der Waals surface area contributed by atoms with Crippen molar-refractivity contribution in [2.45, 2.75) is 51.7 Å². The van der Waals surface area contributed by atoms with E-state index in [1.54, 1.807) is 0 Å². The molecule has 3 N–H and O–H groups in total. The third-order valence-electron chi connectivity index (χ3n) is 5.99. The Kier molecular flexibility index (Phi) is 5.28. The fourth-order valence-corrected chi connectivity index (χ4v) is 4.24. The van der Waals surface area contributed by atoms with Crippen LogP contribution in [-0.4, -0.2) is 39.4 Å². The van der Waals surface area contributed by atoms with E-state index in [1.165, 1.54) is 0 Å². The number of rotatable bonds is 4. The Morgan fingerprint density at radius 3 is 2.61 bits per heavy atom. The molecule has 3 heterocycles. The van der Waals surface area contributed by atoms with Crippen LogP contribution < -0.4 is 16.4 Å². The van der Waals surface area contributed by atoms with Crippen LogP contribution in [0.2, 0.25) is 0 Å². The lowest BCUT2D eigenvalue weighted by Gasteiger charge is -2.28. The summed E-state index contributed by atoms with van der Waals surface area (Å²) in [5, 5.41) is 0. The highest BCUT2D eigenvalue weighted by atomic mass is 16.2. The number of hydrogen-bond acceptors (Lipinski definition) is 5. The second-order valence-corrected chi connectivity index (χ2v) is 7.84. The molecule has 2 aromatic rings. The van der Waals surface area contributed by atoms with Crippen molar-refractivity contribution in [1.82, 2.24) is 25.7 Å². The van der Waals surface area contributed by atoms with Crippen LogP contribution in [0.25, 0.3) is 11.4 Å². The fraction of sp³-hybridized carbons (Fsp3) is 0.476. The van der Waals surface area contributed by atoms with Gasteiger partial charge in [-0.1, -0.05) is 30.3 Å². The van der Waals surface area contributed by atoms with Gasteiger partial charge in [0.05, 0.1) is 12.2 Å². The maximum atomic E-state index is 12.8. The molecule has 0 spiro atoms. The number of hydrazine groups is 1. The Hall–Kier alpha value is -2.51. The van der Waals surface area contributed by atoms with E-state index in [2.05, 4.69) is 34.7 Å². The SMILES string of the molecule is CC1NNC(C)C1CCC(=O)N1CCc2c(nc(-c3ccccc3)[nH]c2=O)C1. The van der Waals surface area contributed by atoms with Crippen molar-refractivity contribution >= 4 is 5.91 Å². The monoisotopic (exact) mass is 381 g/mol. The van der Waals surface area contributed by atoms with E-state index in [4.69, 9.17) is 0 Å². The third-order valence-corrected chi connectivity index (χ3v) is 5.99. The molecule has 2 aliphatic rings. The zero-order chi connectivity index (χ0) is 19.7. The van der Waals surface area contributed by atoms with Crippen LogP contribution in [0.15, 0.2) is 35.1 Å². The summed E-state index contributed by atoms with van der Waals surface area (Å²) in [6.45, 7) is 5.27. The van der Waals surface area contributed by atoms with Gasteiger partial charge in [0.1, 0.15) is 5.82 Å². The number of carbonyl (C=O) groups is 1. The Bertz CT molecular complexity index is 901. The third kappa shape index (κ3) is 3.72. The molecule has 0 radical (unpaired) electrons. The Morgan fingerprint density at radius 1 is 1.18 bits per heavy atom. The summed E-state index contributed by atoms with van der Waals surface area (Å²) >= 11 is 0.